The molecule has 0 aliphatic carbocycles. The van der Waals surface area contributed by atoms with Gasteiger partial charge in [0.15, 0.2) is 0 Å². The summed E-state index contributed by atoms with van der Waals surface area (Å²) in [6.45, 7) is 3.86. The number of nitrogens with zero attached hydrogens (tertiary/aromatic N) is 1. The van der Waals surface area contributed by atoms with E-state index >= 15 is 0 Å². The molecule has 0 bridgehead atoms. The molecule has 0 saturated heterocycles. The average molecular weight is 306 g/mol. The second-order valence-electron chi connectivity index (χ2n) is 5.19. The van der Waals surface area contributed by atoms with Gasteiger partial charge in [0.2, 0.25) is 11.8 Å². The molecule has 122 valence electrons. The van der Waals surface area contributed by atoms with E-state index in [2.05, 4.69) is 5.32 Å². The van der Waals surface area contributed by atoms with Crippen LogP contribution in [0.5, 0.6) is 0 Å². The number of benzene rings is 1. The number of aryl methyl sites for hydroxylation is 1. The minimum Gasteiger partial charge on any atom is -0.385 e. The van der Waals surface area contributed by atoms with Gasteiger partial charge in [-0.15, -0.1) is 0 Å². The van der Waals surface area contributed by atoms with E-state index in [1.165, 1.54) is 0 Å². The summed E-state index contributed by atoms with van der Waals surface area (Å²) in [5.74, 6) is 0.0406. The SMILES string of the molecule is COCCCN(CCNC(=O)CCc1ccccc1)C(C)=O. The summed E-state index contributed by atoms with van der Waals surface area (Å²) in [5.41, 5.74) is 1.16. The van der Waals surface area contributed by atoms with Crippen molar-refractivity contribution in [1.29, 1.82) is 0 Å². The van der Waals surface area contributed by atoms with Crippen LogP contribution in [-0.2, 0) is 20.7 Å². The van der Waals surface area contributed by atoms with Crippen LogP contribution in [0.3, 0.4) is 0 Å². The van der Waals surface area contributed by atoms with Crippen LogP contribution in [0.15, 0.2) is 30.3 Å². The Labute approximate surface area is 132 Å². The monoisotopic (exact) mass is 306 g/mol. The van der Waals surface area contributed by atoms with Gasteiger partial charge in [-0.3, -0.25) is 9.59 Å². The van der Waals surface area contributed by atoms with Crippen LogP contribution in [0.2, 0.25) is 0 Å². The van der Waals surface area contributed by atoms with Gasteiger partial charge in [0, 0.05) is 46.7 Å². The number of methoxy groups -OCH3 is 1. The highest BCUT2D eigenvalue weighted by Gasteiger charge is 2.08. The number of amides is 2. The molecule has 0 atom stereocenters. The van der Waals surface area contributed by atoms with Crippen LogP contribution < -0.4 is 5.32 Å². The zero-order chi connectivity index (χ0) is 16.2. The smallest absolute Gasteiger partial charge is 0.220 e. The van der Waals surface area contributed by atoms with Crippen molar-refractivity contribution in [2.75, 3.05) is 33.4 Å². The molecule has 1 aromatic rings. The second kappa shape index (κ2) is 10.8. The van der Waals surface area contributed by atoms with Gasteiger partial charge in [-0.25, -0.2) is 0 Å². The molecule has 22 heavy (non-hydrogen) atoms. The summed E-state index contributed by atoms with van der Waals surface area (Å²) in [7, 11) is 1.64. The van der Waals surface area contributed by atoms with Gasteiger partial charge < -0.3 is 15.0 Å². The molecule has 0 aliphatic rings. The number of nitrogens with one attached hydrogen (secondary N) is 1. The second-order valence-corrected chi connectivity index (χ2v) is 5.19. The van der Waals surface area contributed by atoms with E-state index in [0.717, 1.165) is 18.4 Å². The molecule has 0 unspecified atom stereocenters. The van der Waals surface area contributed by atoms with Gasteiger partial charge in [-0.1, -0.05) is 30.3 Å². The molecule has 0 aromatic heterocycles. The minimum absolute atomic E-state index is 0.0178. The molecule has 1 rings (SSSR count). The maximum absolute atomic E-state index is 11.8. The van der Waals surface area contributed by atoms with Crippen LogP contribution in [0, 0.1) is 0 Å². The summed E-state index contributed by atoms with van der Waals surface area (Å²) < 4.78 is 4.98. The predicted molar refractivity (Wildman–Crippen MR) is 86.5 cm³/mol. The average Bonchev–Trinajstić information content (AvgIpc) is 2.52. The molecule has 0 aliphatic heterocycles. The first-order chi connectivity index (χ1) is 10.6. The number of hydrogen-bond donors (Lipinski definition) is 1. The van der Waals surface area contributed by atoms with Crippen molar-refractivity contribution in [3.05, 3.63) is 35.9 Å². The van der Waals surface area contributed by atoms with Crippen molar-refractivity contribution in [3.63, 3.8) is 0 Å². The Hall–Kier alpha value is -1.88. The van der Waals surface area contributed by atoms with E-state index in [-0.39, 0.29) is 11.8 Å². The molecule has 1 N–H and O–H groups in total. The van der Waals surface area contributed by atoms with Crippen molar-refractivity contribution in [2.24, 2.45) is 0 Å². The normalized spacial score (nSPS) is 10.3. The Morgan fingerprint density at radius 2 is 1.91 bits per heavy atom. The van der Waals surface area contributed by atoms with Gasteiger partial charge in [-0.2, -0.15) is 0 Å². The van der Waals surface area contributed by atoms with Gasteiger partial charge in [0.05, 0.1) is 0 Å². The summed E-state index contributed by atoms with van der Waals surface area (Å²) in [6.07, 6.45) is 2.00. The predicted octanol–water partition coefficient (Wildman–Crippen LogP) is 1.62. The number of carbonyl (C=O) groups is 2. The molecule has 1 aromatic carbocycles. The number of carbonyl (C=O) groups excluding carboxylic acids is 2. The molecule has 2 amide bonds. The minimum atomic E-state index is 0.0178. The molecule has 5 heteroatoms. The lowest BCUT2D eigenvalue weighted by Crippen LogP contribution is -2.38. The van der Waals surface area contributed by atoms with E-state index in [1.54, 1.807) is 18.9 Å². The fourth-order valence-electron chi connectivity index (χ4n) is 2.15. The molecule has 0 spiro atoms. The summed E-state index contributed by atoms with van der Waals surface area (Å²) >= 11 is 0. The van der Waals surface area contributed by atoms with Crippen LogP contribution >= 0.6 is 0 Å². The number of hydrogen-bond acceptors (Lipinski definition) is 3. The van der Waals surface area contributed by atoms with Crippen molar-refractivity contribution in [3.8, 4) is 0 Å². The maximum Gasteiger partial charge on any atom is 0.220 e. The first-order valence-electron chi connectivity index (χ1n) is 7.68. The van der Waals surface area contributed by atoms with Crippen molar-refractivity contribution >= 4 is 11.8 Å². The van der Waals surface area contributed by atoms with Gasteiger partial charge in [0.1, 0.15) is 0 Å². The number of rotatable bonds is 10. The van der Waals surface area contributed by atoms with Gasteiger partial charge >= 0.3 is 0 Å². The maximum atomic E-state index is 11.8. The van der Waals surface area contributed by atoms with E-state index in [4.69, 9.17) is 4.74 Å². The highest BCUT2D eigenvalue weighted by molar-refractivity contribution is 5.76. The fourth-order valence-corrected chi connectivity index (χ4v) is 2.15. The quantitative estimate of drug-likeness (QED) is 0.668. The zero-order valence-electron chi connectivity index (χ0n) is 13.5. The Balaban J connectivity index is 2.20. The van der Waals surface area contributed by atoms with Crippen LogP contribution in [0.4, 0.5) is 0 Å². The van der Waals surface area contributed by atoms with Crippen LogP contribution in [-0.4, -0.2) is 50.1 Å². The Kier molecular flexibility index (Phi) is 8.91. The first-order valence-corrected chi connectivity index (χ1v) is 7.68. The Bertz CT molecular complexity index is 448. The van der Waals surface area contributed by atoms with Crippen molar-refractivity contribution in [1.82, 2.24) is 10.2 Å². The molecular weight excluding hydrogens is 280 g/mol. The molecule has 0 saturated carbocycles. The summed E-state index contributed by atoms with van der Waals surface area (Å²) in [4.78, 5) is 25.0. The van der Waals surface area contributed by atoms with Gasteiger partial charge in [-0.05, 0) is 18.4 Å². The molecule has 0 radical (unpaired) electrons. The van der Waals surface area contributed by atoms with E-state index in [0.29, 0.717) is 32.7 Å². The van der Waals surface area contributed by atoms with E-state index in [1.807, 2.05) is 30.3 Å². The van der Waals surface area contributed by atoms with Gasteiger partial charge in [0.25, 0.3) is 0 Å². The van der Waals surface area contributed by atoms with E-state index in [9.17, 15) is 9.59 Å². The largest absolute Gasteiger partial charge is 0.385 e. The van der Waals surface area contributed by atoms with Crippen LogP contribution in [0.1, 0.15) is 25.3 Å². The lowest BCUT2D eigenvalue weighted by atomic mass is 10.1. The molecule has 5 nitrogen and oxygen atoms in total. The molecule has 0 heterocycles. The topological polar surface area (TPSA) is 58.6 Å². The highest BCUT2D eigenvalue weighted by atomic mass is 16.5. The van der Waals surface area contributed by atoms with E-state index < -0.39 is 0 Å². The Morgan fingerprint density at radius 3 is 2.55 bits per heavy atom. The first kappa shape index (κ1) is 18.2. The summed E-state index contributed by atoms with van der Waals surface area (Å²) in [6, 6.07) is 9.93. The standard InChI is InChI=1S/C17H26N2O3/c1-15(20)19(12-6-14-22-2)13-11-18-17(21)10-9-16-7-4-3-5-8-16/h3-5,7-8H,6,9-14H2,1-2H3,(H,18,21). The summed E-state index contributed by atoms with van der Waals surface area (Å²) in [5, 5.41) is 2.86. The Morgan fingerprint density at radius 1 is 1.18 bits per heavy atom. The third kappa shape index (κ3) is 7.78. The number of ether oxygens (including phenoxy) is 1. The van der Waals surface area contributed by atoms with Crippen molar-refractivity contribution < 1.29 is 14.3 Å². The third-order valence-electron chi connectivity index (χ3n) is 3.41. The lowest BCUT2D eigenvalue weighted by Gasteiger charge is -2.21. The molecule has 0 fully saturated rings. The van der Waals surface area contributed by atoms with Crippen LogP contribution in [0.25, 0.3) is 0 Å². The zero-order valence-corrected chi connectivity index (χ0v) is 13.5. The van der Waals surface area contributed by atoms with Crippen molar-refractivity contribution in [2.45, 2.75) is 26.2 Å². The third-order valence-corrected chi connectivity index (χ3v) is 3.41. The fraction of sp³-hybridized carbons (Fsp3) is 0.529. The molecular formula is C17H26N2O3. The highest BCUT2D eigenvalue weighted by Crippen LogP contribution is 2.02. The lowest BCUT2D eigenvalue weighted by molar-refractivity contribution is -0.129.